The largest absolute Gasteiger partial charge is 0.394 e. The number of nitrogens with one attached hydrogen (secondary N) is 1. The van der Waals surface area contributed by atoms with Crippen molar-refractivity contribution in [3.8, 4) is 0 Å². The van der Waals surface area contributed by atoms with E-state index in [0.29, 0.717) is 34.0 Å². The van der Waals surface area contributed by atoms with Crippen LogP contribution < -0.4 is 15.0 Å². The molecule has 2 aliphatic rings. The molecule has 0 saturated carbocycles. The predicted molar refractivity (Wildman–Crippen MR) is 120 cm³/mol. The van der Waals surface area contributed by atoms with Crippen molar-refractivity contribution < 1.29 is 19.5 Å². The SMILES string of the molecule is [B]c1ccc(C(=O)NC2CC(=O)N(c3ccc(C(=O)N4CCC[C@@H]4CO)c(C)c3)C2)s1. The molecule has 0 spiro atoms. The van der Waals surface area contributed by atoms with Gasteiger partial charge in [0.05, 0.1) is 23.6 Å². The Balaban J connectivity index is 1.45. The summed E-state index contributed by atoms with van der Waals surface area (Å²) >= 11 is 1.21. The van der Waals surface area contributed by atoms with Gasteiger partial charge in [0, 0.05) is 30.8 Å². The average Bonchev–Trinajstić information content (AvgIpc) is 3.47. The third-order valence-corrected chi connectivity index (χ3v) is 6.82. The highest BCUT2D eigenvalue weighted by atomic mass is 32.1. The number of aliphatic hydroxyl groups is 1. The molecule has 2 radical (unpaired) electrons. The molecule has 7 nitrogen and oxygen atoms in total. The number of benzene rings is 1. The highest BCUT2D eigenvalue weighted by Crippen LogP contribution is 2.27. The molecule has 9 heteroatoms. The van der Waals surface area contributed by atoms with Gasteiger partial charge in [-0.05, 0) is 54.4 Å². The van der Waals surface area contributed by atoms with Crippen molar-refractivity contribution in [1.82, 2.24) is 10.2 Å². The van der Waals surface area contributed by atoms with Crippen LogP contribution in [0.4, 0.5) is 5.69 Å². The summed E-state index contributed by atoms with van der Waals surface area (Å²) in [5.41, 5.74) is 2.06. The van der Waals surface area contributed by atoms with Gasteiger partial charge in [0.2, 0.25) is 5.91 Å². The van der Waals surface area contributed by atoms with Gasteiger partial charge in [-0.2, -0.15) is 0 Å². The molecule has 3 heterocycles. The number of amides is 3. The number of likely N-dealkylation sites (tertiary alicyclic amines) is 1. The van der Waals surface area contributed by atoms with Crippen LogP contribution in [0.3, 0.4) is 0 Å². The number of hydrogen-bond acceptors (Lipinski definition) is 5. The van der Waals surface area contributed by atoms with Crippen LogP contribution in [0, 0.1) is 6.92 Å². The second-order valence-corrected chi connectivity index (χ2v) is 9.17. The summed E-state index contributed by atoms with van der Waals surface area (Å²) < 4.78 is 0.568. The zero-order chi connectivity index (χ0) is 22.1. The fourth-order valence-corrected chi connectivity index (χ4v) is 4.97. The van der Waals surface area contributed by atoms with E-state index in [2.05, 4.69) is 5.32 Å². The molecule has 2 fully saturated rings. The summed E-state index contributed by atoms with van der Waals surface area (Å²) in [7, 11) is 5.68. The van der Waals surface area contributed by atoms with Crippen molar-refractivity contribution in [1.29, 1.82) is 0 Å². The first-order chi connectivity index (χ1) is 14.9. The van der Waals surface area contributed by atoms with Gasteiger partial charge in [-0.3, -0.25) is 14.4 Å². The first-order valence-electron chi connectivity index (χ1n) is 10.4. The van der Waals surface area contributed by atoms with E-state index in [9.17, 15) is 19.5 Å². The van der Waals surface area contributed by atoms with Crippen LogP contribution in [-0.4, -0.2) is 67.4 Å². The smallest absolute Gasteiger partial charge is 0.261 e. The Morgan fingerprint density at radius 1 is 1.29 bits per heavy atom. The molecule has 2 atom stereocenters. The molecule has 1 aromatic heterocycles. The van der Waals surface area contributed by atoms with Gasteiger partial charge in [-0.25, -0.2) is 0 Å². The lowest BCUT2D eigenvalue weighted by molar-refractivity contribution is -0.117. The third-order valence-electron chi connectivity index (χ3n) is 5.91. The van der Waals surface area contributed by atoms with E-state index >= 15 is 0 Å². The first kappa shape index (κ1) is 21.6. The van der Waals surface area contributed by atoms with Crippen LogP contribution in [0.2, 0.25) is 0 Å². The summed E-state index contributed by atoms with van der Waals surface area (Å²) in [6.07, 6.45) is 1.92. The molecule has 31 heavy (non-hydrogen) atoms. The van der Waals surface area contributed by atoms with Gasteiger partial charge in [-0.1, -0.05) is 6.07 Å². The van der Waals surface area contributed by atoms with E-state index in [1.807, 2.05) is 13.0 Å². The number of anilines is 1. The number of rotatable bonds is 5. The number of carbonyl (C=O) groups is 3. The zero-order valence-corrected chi connectivity index (χ0v) is 18.2. The second-order valence-electron chi connectivity index (χ2n) is 8.06. The molecule has 1 unspecified atom stereocenters. The maximum Gasteiger partial charge on any atom is 0.261 e. The molecule has 2 aliphatic heterocycles. The van der Waals surface area contributed by atoms with Crippen molar-refractivity contribution in [2.45, 2.75) is 38.3 Å². The Kier molecular flexibility index (Phi) is 6.16. The van der Waals surface area contributed by atoms with Crippen molar-refractivity contribution in [3.05, 3.63) is 46.3 Å². The van der Waals surface area contributed by atoms with Crippen LogP contribution in [-0.2, 0) is 4.79 Å². The van der Waals surface area contributed by atoms with Crippen LogP contribution in [0.5, 0.6) is 0 Å². The minimum atomic E-state index is -0.292. The first-order valence-corrected chi connectivity index (χ1v) is 11.2. The topological polar surface area (TPSA) is 90.0 Å². The summed E-state index contributed by atoms with van der Waals surface area (Å²) in [6.45, 7) is 2.84. The molecule has 3 amide bonds. The minimum absolute atomic E-state index is 0.0314. The number of aryl methyl sites for hydroxylation is 1. The van der Waals surface area contributed by atoms with E-state index in [1.165, 1.54) is 11.3 Å². The van der Waals surface area contributed by atoms with Crippen molar-refractivity contribution in [2.75, 3.05) is 24.6 Å². The lowest BCUT2D eigenvalue weighted by Gasteiger charge is -2.24. The van der Waals surface area contributed by atoms with E-state index in [1.54, 1.807) is 34.1 Å². The number of thiophene rings is 1. The van der Waals surface area contributed by atoms with E-state index in [4.69, 9.17) is 7.85 Å². The van der Waals surface area contributed by atoms with Gasteiger partial charge in [0.15, 0.2) is 0 Å². The second kappa shape index (κ2) is 8.84. The third kappa shape index (κ3) is 4.38. The van der Waals surface area contributed by atoms with Crippen molar-refractivity contribution in [3.63, 3.8) is 0 Å². The molecule has 160 valence electrons. The zero-order valence-electron chi connectivity index (χ0n) is 17.3. The van der Waals surface area contributed by atoms with Crippen LogP contribution in [0.1, 0.15) is 44.9 Å². The van der Waals surface area contributed by atoms with Crippen molar-refractivity contribution >= 4 is 47.4 Å². The van der Waals surface area contributed by atoms with Crippen LogP contribution >= 0.6 is 11.3 Å². The lowest BCUT2D eigenvalue weighted by Crippen LogP contribution is -2.38. The van der Waals surface area contributed by atoms with E-state index in [-0.39, 0.29) is 42.8 Å². The Labute approximate surface area is 186 Å². The quantitative estimate of drug-likeness (QED) is 0.683. The molecule has 2 aromatic rings. The summed E-state index contributed by atoms with van der Waals surface area (Å²) in [6, 6.07) is 8.28. The van der Waals surface area contributed by atoms with E-state index < -0.39 is 0 Å². The molecular weight excluding hydrogens is 413 g/mol. The maximum absolute atomic E-state index is 12.9. The Morgan fingerprint density at radius 2 is 2.10 bits per heavy atom. The molecule has 0 bridgehead atoms. The molecule has 2 N–H and O–H groups in total. The summed E-state index contributed by atoms with van der Waals surface area (Å²) in [5, 5.41) is 12.4. The predicted octanol–water partition coefficient (Wildman–Crippen LogP) is 0.983. The van der Waals surface area contributed by atoms with E-state index in [0.717, 1.165) is 18.4 Å². The van der Waals surface area contributed by atoms with Gasteiger partial charge in [0.1, 0.15) is 7.85 Å². The summed E-state index contributed by atoms with van der Waals surface area (Å²) in [5.74, 6) is -0.398. The molecule has 0 aliphatic carbocycles. The molecule has 2 saturated heterocycles. The minimum Gasteiger partial charge on any atom is -0.394 e. The number of nitrogens with zero attached hydrogens (tertiary/aromatic N) is 2. The number of hydrogen-bond donors (Lipinski definition) is 2. The molecule has 4 rings (SSSR count). The normalized spacial score (nSPS) is 21.0. The van der Waals surface area contributed by atoms with Gasteiger partial charge in [0.25, 0.3) is 11.8 Å². The highest BCUT2D eigenvalue weighted by Gasteiger charge is 2.33. The van der Waals surface area contributed by atoms with Gasteiger partial charge >= 0.3 is 0 Å². The number of aliphatic hydroxyl groups excluding tert-OH is 1. The van der Waals surface area contributed by atoms with Crippen LogP contribution in [0.15, 0.2) is 30.3 Å². The Bertz CT molecular complexity index is 1020. The lowest BCUT2D eigenvalue weighted by atomic mass is 10.1. The fourth-order valence-electron chi connectivity index (χ4n) is 4.29. The van der Waals surface area contributed by atoms with Gasteiger partial charge in [-0.15, -0.1) is 11.3 Å². The standard InChI is InChI=1S/C22H24BN3O4S/c1-13-9-15(4-5-17(13)22(30)25-8-2-3-16(25)12-27)26-11-14(10-20(26)28)24-21(29)18-6-7-19(23)31-18/h4-7,9,14,16,27H,2-3,8,10-12H2,1H3,(H,24,29)/t14?,16-/m1/s1. The number of carbonyl (C=O) groups excluding carboxylic acids is 3. The Morgan fingerprint density at radius 3 is 2.77 bits per heavy atom. The Hall–Kier alpha value is -2.65. The van der Waals surface area contributed by atoms with Crippen molar-refractivity contribution in [2.24, 2.45) is 0 Å². The molecule has 1 aromatic carbocycles. The van der Waals surface area contributed by atoms with Crippen LogP contribution in [0.25, 0.3) is 0 Å². The summed E-state index contributed by atoms with van der Waals surface area (Å²) in [4.78, 5) is 41.8. The van der Waals surface area contributed by atoms with Gasteiger partial charge < -0.3 is 20.2 Å². The maximum atomic E-state index is 12.9. The fraction of sp³-hybridized carbons (Fsp3) is 0.409. The average molecular weight is 437 g/mol. The highest BCUT2D eigenvalue weighted by molar-refractivity contribution is 7.21. The molecular formula is C22H24BN3O4S. The monoisotopic (exact) mass is 437 g/mol.